The number of rotatable bonds is 5. The van der Waals surface area contributed by atoms with Crippen LogP contribution in [0.1, 0.15) is 52.9 Å². The maximum absolute atomic E-state index is 12.3. The Kier molecular flexibility index (Phi) is 3.53. The predicted octanol–water partition coefficient (Wildman–Crippen LogP) is 2.12. The summed E-state index contributed by atoms with van der Waals surface area (Å²) in [4.78, 5) is 14.4. The van der Waals surface area contributed by atoms with E-state index >= 15 is 0 Å². The van der Waals surface area contributed by atoms with Crippen LogP contribution in [-0.2, 0) is 4.79 Å². The molecule has 0 aromatic carbocycles. The van der Waals surface area contributed by atoms with Crippen LogP contribution < -0.4 is 5.32 Å². The van der Waals surface area contributed by atoms with E-state index in [1.54, 1.807) is 0 Å². The van der Waals surface area contributed by atoms with E-state index in [-0.39, 0.29) is 12.2 Å². The Hall–Kier alpha value is -0.570. The molecule has 1 heterocycles. The number of unbranched alkanes of at least 4 members (excludes halogenated alkanes) is 1. The number of amides is 1. The highest BCUT2D eigenvalue weighted by Crippen LogP contribution is 2.34. The topological polar surface area (TPSA) is 32.3 Å². The van der Waals surface area contributed by atoms with Gasteiger partial charge in [0.15, 0.2) is 0 Å². The molecule has 2 fully saturated rings. The SMILES string of the molecule is CCCCC1NC(C(C)C)N(C2CC2)C1=O. The molecule has 0 spiro atoms. The fourth-order valence-corrected chi connectivity index (χ4v) is 2.56. The van der Waals surface area contributed by atoms with Crippen LogP contribution in [0.5, 0.6) is 0 Å². The Balaban J connectivity index is 2.01. The Morgan fingerprint density at radius 3 is 2.62 bits per heavy atom. The Morgan fingerprint density at radius 2 is 2.12 bits per heavy atom. The lowest BCUT2D eigenvalue weighted by atomic mass is 10.1. The van der Waals surface area contributed by atoms with Crippen molar-refractivity contribution >= 4 is 5.91 Å². The van der Waals surface area contributed by atoms with E-state index in [1.165, 1.54) is 19.3 Å². The van der Waals surface area contributed by atoms with Gasteiger partial charge in [0.05, 0.1) is 12.2 Å². The molecule has 3 nitrogen and oxygen atoms in total. The molecule has 92 valence electrons. The minimum atomic E-state index is 0.0907. The molecule has 1 aliphatic carbocycles. The lowest BCUT2D eigenvalue weighted by molar-refractivity contribution is -0.131. The van der Waals surface area contributed by atoms with E-state index in [0.717, 1.165) is 12.8 Å². The summed E-state index contributed by atoms with van der Waals surface area (Å²) in [6.45, 7) is 6.57. The van der Waals surface area contributed by atoms with Gasteiger partial charge in [0.1, 0.15) is 0 Å². The minimum absolute atomic E-state index is 0.0907. The van der Waals surface area contributed by atoms with E-state index in [2.05, 4.69) is 31.0 Å². The fraction of sp³-hybridized carbons (Fsp3) is 0.923. The third kappa shape index (κ3) is 2.24. The highest BCUT2D eigenvalue weighted by molar-refractivity contribution is 5.85. The van der Waals surface area contributed by atoms with Crippen LogP contribution in [0.25, 0.3) is 0 Å². The zero-order chi connectivity index (χ0) is 11.7. The quantitative estimate of drug-likeness (QED) is 0.776. The first-order valence-corrected chi connectivity index (χ1v) is 6.73. The molecule has 0 aromatic rings. The minimum Gasteiger partial charge on any atom is -0.323 e. The van der Waals surface area contributed by atoms with Gasteiger partial charge in [-0.15, -0.1) is 0 Å². The molecule has 3 heteroatoms. The average molecular weight is 224 g/mol. The van der Waals surface area contributed by atoms with Crippen molar-refractivity contribution in [3.8, 4) is 0 Å². The zero-order valence-corrected chi connectivity index (χ0v) is 10.7. The number of nitrogens with zero attached hydrogens (tertiary/aromatic N) is 1. The molecule has 2 unspecified atom stereocenters. The second kappa shape index (κ2) is 4.74. The number of hydrogen-bond acceptors (Lipinski definition) is 2. The van der Waals surface area contributed by atoms with Gasteiger partial charge < -0.3 is 4.90 Å². The van der Waals surface area contributed by atoms with E-state index in [9.17, 15) is 4.79 Å². The van der Waals surface area contributed by atoms with Crippen molar-refractivity contribution in [2.75, 3.05) is 0 Å². The summed E-state index contributed by atoms with van der Waals surface area (Å²) < 4.78 is 0. The van der Waals surface area contributed by atoms with Crippen LogP contribution in [0.2, 0.25) is 0 Å². The van der Waals surface area contributed by atoms with Gasteiger partial charge in [0, 0.05) is 6.04 Å². The molecule has 1 N–H and O–H groups in total. The lowest BCUT2D eigenvalue weighted by Gasteiger charge is -2.27. The van der Waals surface area contributed by atoms with Crippen molar-refractivity contribution in [3.63, 3.8) is 0 Å². The highest BCUT2D eigenvalue weighted by atomic mass is 16.2. The summed E-state index contributed by atoms with van der Waals surface area (Å²) >= 11 is 0. The van der Waals surface area contributed by atoms with Crippen LogP contribution in [-0.4, -0.2) is 29.1 Å². The maximum Gasteiger partial charge on any atom is 0.241 e. The van der Waals surface area contributed by atoms with Crippen LogP contribution >= 0.6 is 0 Å². The van der Waals surface area contributed by atoms with Crippen LogP contribution in [0.3, 0.4) is 0 Å². The van der Waals surface area contributed by atoms with E-state index in [0.29, 0.717) is 17.9 Å². The summed E-state index contributed by atoms with van der Waals surface area (Å²) in [5, 5.41) is 3.52. The van der Waals surface area contributed by atoms with Crippen molar-refractivity contribution in [1.29, 1.82) is 0 Å². The first kappa shape index (κ1) is 11.9. The summed E-state index contributed by atoms with van der Waals surface area (Å²) in [6.07, 6.45) is 6.01. The van der Waals surface area contributed by atoms with E-state index in [1.807, 2.05) is 0 Å². The molecular weight excluding hydrogens is 200 g/mol. The number of hydrogen-bond donors (Lipinski definition) is 1. The first-order valence-electron chi connectivity index (χ1n) is 6.73. The van der Waals surface area contributed by atoms with Crippen molar-refractivity contribution < 1.29 is 4.79 Å². The molecule has 0 radical (unpaired) electrons. The molecule has 0 aromatic heterocycles. The number of carbonyl (C=O) groups excluding carboxylic acids is 1. The molecule has 2 aliphatic rings. The van der Waals surface area contributed by atoms with Crippen molar-refractivity contribution in [2.24, 2.45) is 5.92 Å². The molecule has 1 aliphatic heterocycles. The summed E-state index contributed by atoms with van der Waals surface area (Å²) in [7, 11) is 0. The van der Waals surface area contributed by atoms with E-state index < -0.39 is 0 Å². The zero-order valence-electron chi connectivity index (χ0n) is 10.7. The van der Waals surface area contributed by atoms with Gasteiger partial charge in [-0.05, 0) is 25.2 Å². The normalized spacial score (nSPS) is 30.5. The molecule has 1 saturated carbocycles. The molecule has 1 amide bonds. The van der Waals surface area contributed by atoms with E-state index in [4.69, 9.17) is 0 Å². The summed E-state index contributed by atoms with van der Waals surface area (Å²) in [6, 6.07) is 0.631. The summed E-state index contributed by atoms with van der Waals surface area (Å²) in [5.41, 5.74) is 0. The van der Waals surface area contributed by atoms with Gasteiger partial charge in [0.2, 0.25) is 5.91 Å². The fourth-order valence-electron chi connectivity index (χ4n) is 2.56. The van der Waals surface area contributed by atoms with Crippen molar-refractivity contribution in [3.05, 3.63) is 0 Å². The molecule has 2 atom stereocenters. The molecular formula is C13H24N2O. The predicted molar refractivity (Wildman–Crippen MR) is 64.9 cm³/mol. The average Bonchev–Trinajstić information content (AvgIpc) is 3.01. The smallest absolute Gasteiger partial charge is 0.241 e. The van der Waals surface area contributed by atoms with Gasteiger partial charge in [0.25, 0.3) is 0 Å². The largest absolute Gasteiger partial charge is 0.323 e. The van der Waals surface area contributed by atoms with Gasteiger partial charge >= 0.3 is 0 Å². The maximum atomic E-state index is 12.3. The Labute approximate surface area is 98.6 Å². The van der Waals surface area contributed by atoms with Gasteiger partial charge in [-0.25, -0.2) is 0 Å². The Morgan fingerprint density at radius 1 is 1.44 bits per heavy atom. The van der Waals surface area contributed by atoms with Gasteiger partial charge in [-0.1, -0.05) is 33.6 Å². The Bertz CT molecular complexity index is 261. The number of nitrogens with one attached hydrogen (secondary N) is 1. The number of carbonyl (C=O) groups is 1. The third-order valence-corrected chi connectivity index (χ3v) is 3.64. The second-order valence-corrected chi connectivity index (χ2v) is 5.53. The lowest BCUT2D eigenvalue weighted by Crippen LogP contribution is -2.42. The van der Waals surface area contributed by atoms with Crippen molar-refractivity contribution in [2.45, 2.75) is 71.1 Å². The molecule has 2 rings (SSSR count). The highest BCUT2D eigenvalue weighted by Gasteiger charge is 2.46. The molecule has 1 saturated heterocycles. The standard InChI is InChI=1S/C13H24N2O/c1-4-5-6-11-13(16)15(10-7-8-10)12(14-11)9(2)3/h9-12,14H,4-8H2,1-3H3. The summed E-state index contributed by atoms with van der Waals surface area (Å²) in [5.74, 6) is 0.867. The van der Waals surface area contributed by atoms with Crippen LogP contribution in [0.4, 0.5) is 0 Å². The van der Waals surface area contributed by atoms with Crippen LogP contribution in [0, 0.1) is 5.92 Å². The van der Waals surface area contributed by atoms with Crippen molar-refractivity contribution in [1.82, 2.24) is 10.2 Å². The monoisotopic (exact) mass is 224 g/mol. The molecule has 0 bridgehead atoms. The second-order valence-electron chi connectivity index (χ2n) is 5.53. The first-order chi connectivity index (χ1) is 7.65. The van der Waals surface area contributed by atoms with Gasteiger partial charge in [-0.3, -0.25) is 10.1 Å². The van der Waals surface area contributed by atoms with Crippen LogP contribution in [0.15, 0.2) is 0 Å². The third-order valence-electron chi connectivity index (χ3n) is 3.64. The molecule has 16 heavy (non-hydrogen) atoms. The van der Waals surface area contributed by atoms with Gasteiger partial charge in [-0.2, -0.15) is 0 Å².